The summed E-state index contributed by atoms with van der Waals surface area (Å²) in [5.41, 5.74) is 0.116. The van der Waals surface area contributed by atoms with E-state index in [1.165, 1.54) is 6.92 Å². The topological polar surface area (TPSA) is 220 Å². The molecule has 0 spiro atoms. The normalized spacial score (nSPS) is 11.7. The van der Waals surface area contributed by atoms with Crippen molar-refractivity contribution in [2.45, 2.75) is 25.1 Å². The summed E-state index contributed by atoms with van der Waals surface area (Å²) in [6, 6.07) is -1.89. The summed E-state index contributed by atoms with van der Waals surface area (Å²) in [7, 11) is 0. The lowest BCUT2D eigenvalue weighted by molar-refractivity contribution is -0.123. The molecule has 0 saturated heterocycles. The Balaban J connectivity index is 0.00000961. The Kier molecular flexibility index (Phi) is 14.6. The molecular formula is C17H24I3N3O9. The lowest BCUT2D eigenvalue weighted by Crippen LogP contribution is -2.42. The molecule has 1 atom stereocenters. The number of halogens is 3. The van der Waals surface area contributed by atoms with Gasteiger partial charge in [0.25, 0.3) is 17.7 Å². The summed E-state index contributed by atoms with van der Waals surface area (Å²) in [5, 5.41) is 54.0. The Hall–Kier alpha value is -0.420. The highest BCUT2D eigenvalue weighted by molar-refractivity contribution is 14.1. The molecule has 15 heteroatoms. The van der Waals surface area contributed by atoms with Gasteiger partial charge in [-0.2, -0.15) is 0 Å². The fourth-order valence-corrected chi connectivity index (χ4v) is 6.63. The zero-order valence-corrected chi connectivity index (χ0v) is 23.1. The number of carbonyl (C=O) groups is 3. The highest BCUT2D eigenvalue weighted by Gasteiger charge is 2.30. The summed E-state index contributed by atoms with van der Waals surface area (Å²) in [6.45, 7) is -0.829. The first-order valence-corrected chi connectivity index (χ1v) is 12.0. The van der Waals surface area contributed by atoms with E-state index in [1.807, 2.05) is 45.2 Å². The first-order chi connectivity index (χ1) is 14.5. The second kappa shape index (κ2) is 14.8. The number of hydrogen-bond donors (Lipinski definition) is 8. The van der Waals surface area contributed by atoms with Crippen molar-refractivity contribution in [3.05, 3.63) is 21.8 Å². The molecule has 1 rings (SSSR count). The molecule has 10 N–H and O–H groups in total. The Labute approximate surface area is 224 Å². The van der Waals surface area contributed by atoms with Crippen LogP contribution in [0.4, 0.5) is 5.69 Å². The first kappa shape index (κ1) is 31.6. The van der Waals surface area contributed by atoms with E-state index in [2.05, 4.69) is 16.0 Å². The average molecular weight is 795 g/mol. The summed E-state index contributed by atoms with van der Waals surface area (Å²) in [4.78, 5) is 37.9. The molecule has 0 unspecified atom stereocenters. The van der Waals surface area contributed by atoms with Gasteiger partial charge in [-0.1, -0.05) is 0 Å². The van der Waals surface area contributed by atoms with Crippen LogP contribution in [-0.2, 0) is 4.79 Å². The van der Waals surface area contributed by atoms with Gasteiger partial charge >= 0.3 is 0 Å². The highest BCUT2D eigenvalue weighted by Crippen LogP contribution is 2.36. The van der Waals surface area contributed by atoms with Gasteiger partial charge in [0.15, 0.2) is 0 Å². The highest BCUT2D eigenvalue weighted by atomic mass is 127. The quantitative estimate of drug-likeness (QED) is 0.126. The zero-order valence-electron chi connectivity index (χ0n) is 16.7. The van der Waals surface area contributed by atoms with Crippen LogP contribution in [-0.4, -0.2) is 93.3 Å². The fourth-order valence-electron chi connectivity index (χ4n) is 2.21. The van der Waals surface area contributed by atoms with Gasteiger partial charge in [-0.25, -0.2) is 0 Å². The third-order valence-electron chi connectivity index (χ3n) is 3.95. The Morgan fingerprint density at radius 3 is 1.41 bits per heavy atom. The number of benzene rings is 1. The predicted octanol–water partition coefficient (Wildman–Crippen LogP) is -1.84. The monoisotopic (exact) mass is 795 g/mol. The van der Waals surface area contributed by atoms with Crippen molar-refractivity contribution in [2.24, 2.45) is 0 Å². The van der Waals surface area contributed by atoms with Crippen molar-refractivity contribution in [2.75, 3.05) is 31.7 Å². The molecule has 0 aliphatic heterocycles. The van der Waals surface area contributed by atoms with Crippen LogP contribution in [0.1, 0.15) is 27.6 Å². The van der Waals surface area contributed by atoms with Crippen molar-refractivity contribution < 1.29 is 45.4 Å². The summed E-state index contributed by atoms with van der Waals surface area (Å²) < 4.78 is 0.746. The maximum atomic E-state index is 12.9. The van der Waals surface area contributed by atoms with Gasteiger partial charge < -0.3 is 47.0 Å². The molecule has 0 aliphatic rings. The van der Waals surface area contributed by atoms with Crippen molar-refractivity contribution in [3.8, 4) is 0 Å². The van der Waals surface area contributed by atoms with Crippen LogP contribution in [0.5, 0.6) is 0 Å². The van der Waals surface area contributed by atoms with Gasteiger partial charge in [0.2, 0.25) is 0 Å². The maximum absolute atomic E-state index is 12.9. The molecule has 0 heterocycles. The van der Waals surface area contributed by atoms with Gasteiger partial charge in [0, 0.05) is 3.57 Å². The molecule has 0 saturated carbocycles. The van der Waals surface area contributed by atoms with Gasteiger partial charge in [-0.3, -0.25) is 14.4 Å². The number of amides is 3. The predicted molar refractivity (Wildman–Crippen MR) is 139 cm³/mol. The van der Waals surface area contributed by atoms with Gasteiger partial charge in [-0.05, 0) is 74.7 Å². The maximum Gasteiger partial charge on any atom is 0.253 e. The van der Waals surface area contributed by atoms with E-state index in [0.717, 1.165) is 0 Å². The molecule has 0 bridgehead atoms. The van der Waals surface area contributed by atoms with Crippen LogP contribution in [0.3, 0.4) is 0 Å². The van der Waals surface area contributed by atoms with E-state index in [1.54, 1.807) is 22.6 Å². The number of rotatable bonds is 10. The number of aliphatic hydroxyl groups is 5. The van der Waals surface area contributed by atoms with Crippen LogP contribution < -0.4 is 16.0 Å². The van der Waals surface area contributed by atoms with Crippen molar-refractivity contribution >= 4 is 91.2 Å². The largest absolute Gasteiger partial charge is 0.412 e. The molecule has 12 nitrogen and oxygen atoms in total. The molecule has 1 aromatic carbocycles. The van der Waals surface area contributed by atoms with Crippen LogP contribution in [0.2, 0.25) is 0 Å². The van der Waals surface area contributed by atoms with Gasteiger partial charge in [0.05, 0.1) is 62.5 Å². The zero-order chi connectivity index (χ0) is 23.9. The van der Waals surface area contributed by atoms with Crippen LogP contribution in [0, 0.1) is 10.7 Å². The molecular weight excluding hydrogens is 771 g/mol. The van der Waals surface area contributed by atoms with E-state index in [4.69, 9.17) is 0 Å². The minimum atomic E-state index is -1.36. The van der Waals surface area contributed by atoms with Gasteiger partial charge in [0.1, 0.15) is 6.10 Å². The Morgan fingerprint density at radius 1 is 0.781 bits per heavy atom. The van der Waals surface area contributed by atoms with Crippen LogP contribution in [0.25, 0.3) is 0 Å². The molecule has 0 aliphatic carbocycles. The number of carbonyl (C=O) groups excluding carboxylic acids is 3. The molecule has 3 amide bonds. The third-order valence-corrected chi connectivity index (χ3v) is 7.19. The Bertz CT molecular complexity index is 778. The second-order valence-electron chi connectivity index (χ2n) is 6.30. The molecule has 0 fully saturated rings. The Morgan fingerprint density at radius 2 is 1.12 bits per heavy atom. The van der Waals surface area contributed by atoms with Crippen LogP contribution >= 0.6 is 67.8 Å². The fraction of sp³-hybridized carbons (Fsp3) is 0.471. The van der Waals surface area contributed by atoms with E-state index in [-0.39, 0.29) is 33.0 Å². The lowest BCUT2D eigenvalue weighted by Gasteiger charge is -2.22. The van der Waals surface area contributed by atoms with E-state index >= 15 is 0 Å². The van der Waals surface area contributed by atoms with E-state index in [0.29, 0.717) is 0 Å². The molecule has 1 aromatic rings. The molecule has 0 aromatic heterocycles. The standard InChI is InChI=1S/C17H22I3N3O8.H2O/c1-6(28)15(29)23-14-12(19)9(16(30)21-7(2-24)3-25)11(18)10(13(14)20)17(31)22-8(4-26)5-27;/h6-8,24-28H,2-5H2,1H3,(H,21,30)(H,22,31)(H,23,29);1H2/t6-;/m0./s1. The van der Waals surface area contributed by atoms with E-state index < -0.39 is 62.3 Å². The molecule has 32 heavy (non-hydrogen) atoms. The van der Waals surface area contributed by atoms with E-state index in [9.17, 15) is 39.9 Å². The minimum Gasteiger partial charge on any atom is -0.412 e. The summed E-state index contributed by atoms with van der Waals surface area (Å²) in [5.74, 6) is -2.18. The molecule has 0 radical (unpaired) electrons. The van der Waals surface area contributed by atoms with Crippen molar-refractivity contribution in [1.82, 2.24) is 10.6 Å². The van der Waals surface area contributed by atoms with Crippen molar-refractivity contribution in [1.29, 1.82) is 0 Å². The number of nitrogens with one attached hydrogen (secondary N) is 3. The van der Waals surface area contributed by atoms with Crippen molar-refractivity contribution in [3.63, 3.8) is 0 Å². The third kappa shape index (κ3) is 7.82. The average Bonchev–Trinajstić information content (AvgIpc) is 2.72. The summed E-state index contributed by atoms with van der Waals surface area (Å²) >= 11 is 5.41. The summed E-state index contributed by atoms with van der Waals surface area (Å²) in [6.07, 6.45) is -1.36. The molecule has 182 valence electrons. The minimum absolute atomic E-state index is 0. The number of anilines is 1. The smallest absolute Gasteiger partial charge is 0.253 e. The van der Waals surface area contributed by atoms with Gasteiger partial charge in [-0.15, -0.1) is 0 Å². The first-order valence-electron chi connectivity index (χ1n) is 8.78. The SMILES string of the molecule is C[C@H](O)C(=O)Nc1c(I)c(C(=O)NC(CO)CO)c(I)c(C(=O)NC(CO)CO)c1I.O. The van der Waals surface area contributed by atoms with Crippen LogP contribution in [0.15, 0.2) is 0 Å². The lowest BCUT2D eigenvalue weighted by atomic mass is 10.1. The number of aliphatic hydroxyl groups excluding tert-OH is 5. The number of hydrogen-bond acceptors (Lipinski definition) is 8. The second-order valence-corrected chi connectivity index (χ2v) is 9.54.